The molecule has 1 spiro atoms. The average molecular weight is 528 g/mol. The van der Waals surface area contributed by atoms with Crippen LogP contribution in [-0.2, 0) is 19.4 Å². The summed E-state index contributed by atoms with van der Waals surface area (Å²) in [5.41, 5.74) is -1.02. The van der Waals surface area contributed by atoms with Crippen LogP contribution in [0.15, 0.2) is 35.2 Å². The third-order valence-corrected chi connectivity index (χ3v) is 10.2. The Morgan fingerprint density at radius 3 is 2.26 bits per heavy atom. The maximum absolute atomic E-state index is 13.7. The predicted octanol–water partition coefficient (Wildman–Crippen LogP) is 5.05. The summed E-state index contributed by atoms with van der Waals surface area (Å²) in [6, 6.07) is 4.95. The second kappa shape index (κ2) is 8.51. The topological polar surface area (TPSA) is 89.5 Å². The molecule has 11 heteroatoms. The van der Waals surface area contributed by atoms with Gasteiger partial charge in [0, 0.05) is 29.8 Å². The lowest BCUT2D eigenvalue weighted by Gasteiger charge is -2.40. The number of ether oxygens (including phenoxy) is 1. The van der Waals surface area contributed by atoms with Gasteiger partial charge in [0.2, 0.25) is 0 Å². The number of anilines is 1. The molecule has 3 aliphatic rings. The quantitative estimate of drug-likeness (QED) is 0.444. The fourth-order valence-electron chi connectivity index (χ4n) is 5.92. The van der Waals surface area contributed by atoms with Crippen molar-refractivity contribution in [2.24, 2.45) is 11.8 Å². The molecule has 2 aliphatic carbocycles. The van der Waals surface area contributed by atoms with E-state index in [1.165, 1.54) is 12.1 Å². The van der Waals surface area contributed by atoms with Crippen molar-refractivity contribution in [3.63, 3.8) is 0 Å². The van der Waals surface area contributed by atoms with Crippen molar-refractivity contribution in [1.29, 1.82) is 0 Å². The predicted molar refractivity (Wildman–Crippen MR) is 120 cm³/mol. The molecule has 2 atom stereocenters. The Morgan fingerprint density at radius 2 is 1.69 bits per heavy atom. The van der Waals surface area contributed by atoms with Crippen molar-refractivity contribution >= 4 is 39.0 Å². The number of carbonyl (C=O) groups is 2. The van der Waals surface area contributed by atoms with Gasteiger partial charge in [0.1, 0.15) is 5.60 Å². The summed E-state index contributed by atoms with van der Waals surface area (Å²) in [6.45, 7) is 0. The molecule has 2 saturated carbocycles. The van der Waals surface area contributed by atoms with E-state index in [9.17, 15) is 31.2 Å². The molecule has 6 nitrogen and oxygen atoms in total. The molecule has 1 N–H and O–H groups in total. The van der Waals surface area contributed by atoms with Gasteiger partial charge in [0.25, 0.3) is 5.91 Å². The maximum atomic E-state index is 13.7. The normalized spacial score (nSPS) is 27.8. The van der Waals surface area contributed by atoms with Gasteiger partial charge in [-0.05, 0) is 62.1 Å². The highest BCUT2D eigenvalue weighted by molar-refractivity contribution is 7.92. The lowest BCUT2D eigenvalue weighted by molar-refractivity contribution is -0.152. The molecule has 0 aromatic heterocycles. The number of fused-ring (bicyclic) bond motifs is 2. The molecule has 5 rings (SSSR count). The first-order valence-electron chi connectivity index (χ1n) is 11.2. The number of rotatable bonds is 4. The molecule has 35 heavy (non-hydrogen) atoms. The van der Waals surface area contributed by atoms with Crippen molar-refractivity contribution in [2.45, 2.75) is 54.3 Å². The van der Waals surface area contributed by atoms with E-state index in [2.05, 4.69) is 5.32 Å². The van der Waals surface area contributed by atoms with Crippen molar-refractivity contribution in [3.05, 3.63) is 58.4 Å². The van der Waals surface area contributed by atoms with E-state index in [0.29, 0.717) is 50.7 Å². The number of halogens is 4. The molecule has 1 saturated heterocycles. The Hall–Kier alpha value is -2.59. The van der Waals surface area contributed by atoms with Gasteiger partial charge in [-0.3, -0.25) is 9.59 Å². The van der Waals surface area contributed by atoms with Crippen LogP contribution >= 0.6 is 11.6 Å². The van der Waals surface area contributed by atoms with Crippen molar-refractivity contribution in [1.82, 2.24) is 0 Å². The second-order valence-corrected chi connectivity index (χ2v) is 12.0. The minimum Gasteiger partial charge on any atom is -0.459 e. The highest BCUT2D eigenvalue weighted by atomic mass is 35.5. The zero-order valence-electron chi connectivity index (χ0n) is 18.3. The highest BCUT2D eigenvalue weighted by Crippen LogP contribution is 2.55. The molecular weight excluding hydrogens is 507 g/mol. The van der Waals surface area contributed by atoms with Gasteiger partial charge in [0.15, 0.2) is 27.3 Å². The van der Waals surface area contributed by atoms with Gasteiger partial charge in [-0.15, -0.1) is 0 Å². The van der Waals surface area contributed by atoms with E-state index in [0.717, 1.165) is 6.07 Å². The lowest BCUT2D eigenvalue weighted by atomic mass is 9.76. The zero-order chi connectivity index (χ0) is 25.1. The molecule has 1 heterocycles. The number of amides is 1. The molecular formula is C24H21ClF3NO5S. The van der Waals surface area contributed by atoms with Gasteiger partial charge in [0.05, 0.1) is 15.2 Å². The van der Waals surface area contributed by atoms with Crippen LogP contribution in [0.4, 0.5) is 18.9 Å². The van der Waals surface area contributed by atoms with E-state index in [1.54, 1.807) is 0 Å². The summed E-state index contributed by atoms with van der Waals surface area (Å²) in [5, 5.41) is 1.47. The maximum Gasteiger partial charge on any atom is 0.306 e. The monoisotopic (exact) mass is 527 g/mol. The van der Waals surface area contributed by atoms with E-state index in [1.807, 2.05) is 0 Å². The van der Waals surface area contributed by atoms with E-state index in [-0.39, 0.29) is 39.0 Å². The third kappa shape index (κ3) is 4.20. The molecule has 186 valence electrons. The molecule has 2 aromatic carbocycles. The van der Waals surface area contributed by atoms with Crippen molar-refractivity contribution in [2.75, 3.05) is 5.32 Å². The smallest absolute Gasteiger partial charge is 0.306 e. The fraction of sp³-hybridized carbons (Fsp3) is 0.417. The van der Waals surface area contributed by atoms with Crippen LogP contribution in [0.1, 0.15) is 48.9 Å². The van der Waals surface area contributed by atoms with Crippen LogP contribution in [0.25, 0.3) is 0 Å². The summed E-state index contributed by atoms with van der Waals surface area (Å²) in [4.78, 5) is 24.2. The molecule has 3 fully saturated rings. The SMILES string of the molecule is O=C1CCC2(CC3CCC(C2)C3S(=O)(=O)c2cc(C(=O)Nc3cc(F)c(F)c(F)c3)ccc2Cl)O1. The lowest BCUT2D eigenvalue weighted by Crippen LogP contribution is -2.46. The number of nitrogens with one attached hydrogen (secondary N) is 1. The van der Waals surface area contributed by atoms with E-state index in [4.69, 9.17) is 16.3 Å². The van der Waals surface area contributed by atoms with Crippen molar-refractivity contribution in [3.8, 4) is 0 Å². The Labute approximate surface area is 204 Å². The molecule has 1 aliphatic heterocycles. The second-order valence-electron chi connectivity index (χ2n) is 9.53. The minimum atomic E-state index is -3.96. The van der Waals surface area contributed by atoms with Crippen LogP contribution in [0.5, 0.6) is 0 Å². The third-order valence-electron chi connectivity index (χ3n) is 7.32. The molecule has 2 unspecified atom stereocenters. The Kier molecular flexibility index (Phi) is 5.87. The van der Waals surface area contributed by atoms with Crippen LogP contribution in [-0.4, -0.2) is 31.1 Å². The van der Waals surface area contributed by atoms with Crippen LogP contribution in [0, 0.1) is 29.3 Å². The highest BCUT2D eigenvalue weighted by Gasteiger charge is 2.57. The van der Waals surface area contributed by atoms with Crippen LogP contribution in [0.3, 0.4) is 0 Å². The van der Waals surface area contributed by atoms with E-state index >= 15 is 0 Å². The van der Waals surface area contributed by atoms with Crippen LogP contribution < -0.4 is 5.32 Å². The van der Waals surface area contributed by atoms with Gasteiger partial charge >= 0.3 is 5.97 Å². The summed E-state index contributed by atoms with van der Waals surface area (Å²) < 4.78 is 73.2. The number of sulfone groups is 1. The van der Waals surface area contributed by atoms with Gasteiger partial charge in [-0.2, -0.15) is 0 Å². The van der Waals surface area contributed by atoms with Gasteiger partial charge < -0.3 is 10.1 Å². The summed E-state index contributed by atoms with van der Waals surface area (Å²) in [7, 11) is -3.96. The fourth-order valence-corrected chi connectivity index (χ4v) is 8.77. The number of hydrogen-bond acceptors (Lipinski definition) is 5. The van der Waals surface area contributed by atoms with E-state index < -0.39 is 44.0 Å². The number of benzene rings is 2. The summed E-state index contributed by atoms with van der Waals surface area (Å²) in [6.07, 6.45) is 3.24. The molecule has 2 bridgehead atoms. The molecule has 0 radical (unpaired) electrons. The molecule has 2 aromatic rings. The first-order chi connectivity index (χ1) is 16.5. The first-order valence-corrected chi connectivity index (χ1v) is 13.1. The zero-order valence-corrected chi connectivity index (χ0v) is 19.9. The molecule has 1 amide bonds. The Balaban J connectivity index is 1.41. The van der Waals surface area contributed by atoms with Crippen LogP contribution in [0.2, 0.25) is 5.02 Å². The Morgan fingerprint density at radius 1 is 1.06 bits per heavy atom. The average Bonchev–Trinajstić information content (AvgIpc) is 3.29. The number of esters is 1. The van der Waals surface area contributed by atoms with Crippen molar-refractivity contribution < 1.29 is 35.9 Å². The minimum absolute atomic E-state index is 0.0487. The summed E-state index contributed by atoms with van der Waals surface area (Å²) in [5.74, 6) is -6.12. The van der Waals surface area contributed by atoms with Gasteiger partial charge in [-0.25, -0.2) is 21.6 Å². The first kappa shape index (κ1) is 24.1. The standard InChI is InChI=1S/C24H21ClF3NO5S/c25-16-4-3-12(23(31)29-15-8-17(26)21(28)18(27)9-15)7-19(16)35(32,33)22-13-1-2-14(22)11-24(10-13)6-5-20(30)34-24/h3-4,7-9,13-14,22H,1-2,5-6,10-11H2,(H,29,31). The summed E-state index contributed by atoms with van der Waals surface area (Å²) >= 11 is 6.26. The number of carbonyl (C=O) groups excluding carboxylic acids is 2. The largest absolute Gasteiger partial charge is 0.459 e. The number of hydrogen-bond donors (Lipinski definition) is 1. The Bertz CT molecular complexity index is 1310. The van der Waals surface area contributed by atoms with Gasteiger partial charge in [-0.1, -0.05) is 11.6 Å².